The number of rotatable bonds is 5. The zero-order valence-corrected chi connectivity index (χ0v) is 11.9. The highest BCUT2D eigenvalue weighted by molar-refractivity contribution is 5.95. The molecule has 0 aromatic carbocycles. The lowest BCUT2D eigenvalue weighted by atomic mass is 10.0. The van der Waals surface area contributed by atoms with Crippen molar-refractivity contribution in [2.75, 3.05) is 19.7 Å². The summed E-state index contributed by atoms with van der Waals surface area (Å²) < 4.78 is 5.08. The molecule has 3 N–H and O–H groups in total. The van der Waals surface area contributed by atoms with Gasteiger partial charge in [0.1, 0.15) is 5.76 Å². The highest BCUT2D eigenvalue weighted by Gasteiger charge is 2.24. The molecule has 21 heavy (non-hydrogen) atoms. The van der Waals surface area contributed by atoms with Gasteiger partial charge in [0.2, 0.25) is 5.91 Å². The van der Waals surface area contributed by atoms with Crippen molar-refractivity contribution >= 4 is 11.9 Å². The summed E-state index contributed by atoms with van der Waals surface area (Å²) in [5, 5.41) is 14.1. The first-order valence-electron chi connectivity index (χ1n) is 7.14. The number of urea groups is 1. The maximum atomic E-state index is 11.8. The number of piperidine rings is 1. The molecule has 1 aromatic heterocycles. The quantitative estimate of drug-likeness (QED) is 0.733. The summed E-state index contributed by atoms with van der Waals surface area (Å²) in [5.74, 6) is 0.251. The molecule has 3 amide bonds. The van der Waals surface area contributed by atoms with Crippen LogP contribution >= 0.6 is 0 Å². The van der Waals surface area contributed by atoms with Crippen molar-refractivity contribution in [3.63, 3.8) is 0 Å². The minimum atomic E-state index is -0.547. The molecule has 2 heterocycles. The van der Waals surface area contributed by atoms with Crippen LogP contribution in [0.2, 0.25) is 0 Å². The van der Waals surface area contributed by atoms with Gasteiger partial charge in [-0.05, 0) is 31.5 Å². The SMILES string of the molecule is O=C(CN1CCCCC1CO)NC(=O)NCc1ccco1. The fraction of sp³-hybridized carbons (Fsp3) is 0.571. The van der Waals surface area contributed by atoms with E-state index in [9.17, 15) is 14.7 Å². The number of nitrogens with one attached hydrogen (secondary N) is 2. The van der Waals surface area contributed by atoms with Gasteiger partial charge in [-0.1, -0.05) is 6.42 Å². The molecule has 7 heteroatoms. The van der Waals surface area contributed by atoms with E-state index in [1.54, 1.807) is 12.1 Å². The Balaban J connectivity index is 1.71. The zero-order chi connectivity index (χ0) is 15.1. The molecule has 2 rings (SSSR count). The van der Waals surface area contributed by atoms with Crippen LogP contribution in [0.5, 0.6) is 0 Å². The van der Waals surface area contributed by atoms with E-state index in [2.05, 4.69) is 10.6 Å². The number of carbonyl (C=O) groups excluding carboxylic acids is 2. The van der Waals surface area contributed by atoms with Crippen LogP contribution in [0.15, 0.2) is 22.8 Å². The summed E-state index contributed by atoms with van der Waals surface area (Å²) in [5.41, 5.74) is 0. The number of imide groups is 1. The fourth-order valence-corrected chi connectivity index (χ4v) is 2.45. The van der Waals surface area contributed by atoms with Crippen molar-refractivity contribution in [1.82, 2.24) is 15.5 Å². The maximum absolute atomic E-state index is 11.8. The van der Waals surface area contributed by atoms with Crippen molar-refractivity contribution in [2.45, 2.75) is 31.8 Å². The third kappa shape index (κ3) is 4.87. The smallest absolute Gasteiger partial charge is 0.321 e. The second-order valence-corrected chi connectivity index (χ2v) is 5.11. The minimum absolute atomic E-state index is 0.00989. The molecular weight excluding hydrogens is 274 g/mol. The van der Waals surface area contributed by atoms with Gasteiger partial charge >= 0.3 is 6.03 Å². The van der Waals surface area contributed by atoms with E-state index in [1.807, 2.05) is 4.90 Å². The molecule has 0 spiro atoms. The number of furan rings is 1. The van der Waals surface area contributed by atoms with Gasteiger partial charge in [-0.15, -0.1) is 0 Å². The van der Waals surface area contributed by atoms with Crippen LogP contribution in [-0.4, -0.2) is 47.7 Å². The maximum Gasteiger partial charge on any atom is 0.321 e. The Morgan fingerprint density at radius 2 is 2.29 bits per heavy atom. The Bertz CT molecular complexity index is 461. The molecular formula is C14H21N3O4. The Kier molecular flexibility index (Phi) is 5.77. The number of nitrogens with zero attached hydrogens (tertiary/aromatic N) is 1. The van der Waals surface area contributed by atoms with E-state index >= 15 is 0 Å². The first kappa shape index (κ1) is 15.5. The standard InChI is InChI=1S/C14H21N3O4/c18-10-11-4-1-2-6-17(11)9-13(19)16-14(20)15-8-12-5-3-7-21-12/h3,5,7,11,18H,1-2,4,6,8-10H2,(H2,15,16,19,20). The van der Waals surface area contributed by atoms with Crippen LogP contribution in [0, 0.1) is 0 Å². The van der Waals surface area contributed by atoms with Crippen LogP contribution < -0.4 is 10.6 Å². The predicted octanol–water partition coefficient (Wildman–Crippen LogP) is 0.452. The Labute approximate surface area is 123 Å². The average Bonchev–Trinajstić information content (AvgIpc) is 2.99. The summed E-state index contributed by atoms with van der Waals surface area (Å²) in [4.78, 5) is 25.3. The number of carbonyl (C=O) groups is 2. The summed E-state index contributed by atoms with van der Waals surface area (Å²) >= 11 is 0. The highest BCUT2D eigenvalue weighted by atomic mass is 16.3. The summed E-state index contributed by atoms with van der Waals surface area (Å²) in [6.07, 6.45) is 4.47. The Morgan fingerprint density at radius 3 is 3.00 bits per heavy atom. The van der Waals surface area contributed by atoms with Gasteiger partial charge < -0.3 is 14.8 Å². The van der Waals surface area contributed by atoms with Crippen molar-refractivity contribution in [3.8, 4) is 0 Å². The fourth-order valence-electron chi connectivity index (χ4n) is 2.45. The first-order valence-corrected chi connectivity index (χ1v) is 7.14. The second-order valence-electron chi connectivity index (χ2n) is 5.11. The molecule has 1 atom stereocenters. The van der Waals surface area contributed by atoms with E-state index in [4.69, 9.17) is 4.42 Å². The number of aliphatic hydroxyl groups excluding tert-OH is 1. The molecule has 0 bridgehead atoms. The van der Waals surface area contributed by atoms with Crippen LogP contribution in [0.1, 0.15) is 25.0 Å². The van der Waals surface area contributed by atoms with E-state index in [0.29, 0.717) is 5.76 Å². The van der Waals surface area contributed by atoms with Gasteiger partial charge in [0.25, 0.3) is 0 Å². The normalized spacial score (nSPS) is 19.2. The molecule has 0 radical (unpaired) electrons. The van der Waals surface area contributed by atoms with Crippen molar-refractivity contribution in [3.05, 3.63) is 24.2 Å². The summed E-state index contributed by atoms with van der Waals surface area (Å²) in [6, 6.07) is 2.93. The molecule has 116 valence electrons. The van der Waals surface area contributed by atoms with E-state index in [1.165, 1.54) is 6.26 Å². The molecule has 1 aliphatic rings. The second kappa shape index (κ2) is 7.80. The lowest BCUT2D eigenvalue weighted by Gasteiger charge is -2.33. The van der Waals surface area contributed by atoms with Crippen LogP contribution in [0.4, 0.5) is 4.79 Å². The number of hydrogen-bond donors (Lipinski definition) is 3. The predicted molar refractivity (Wildman–Crippen MR) is 75.4 cm³/mol. The largest absolute Gasteiger partial charge is 0.467 e. The topological polar surface area (TPSA) is 94.8 Å². The summed E-state index contributed by atoms with van der Waals surface area (Å²) in [6.45, 7) is 1.17. The number of likely N-dealkylation sites (tertiary alicyclic amines) is 1. The molecule has 1 aliphatic heterocycles. The molecule has 1 saturated heterocycles. The van der Waals surface area contributed by atoms with E-state index < -0.39 is 6.03 Å². The summed E-state index contributed by atoms with van der Waals surface area (Å²) in [7, 11) is 0. The van der Waals surface area contributed by atoms with Gasteiger partial charge in [0.05, 0.1) is 26.0 Å². The van der Waals surface area contributed by atoms with E-state index in [-0.39, 0.29) is 31.6 Å². The number of amides is 3. The van der Waals surface area contributed by atoms with Crippen molar-refractivity contribution in [2.24, 2.45) is 0 Å². The minimum Gasteiger partial charge on any atom is -0.467 e. The zero-order valence-electron chi connectivity index (χ0n) is 11.9. The van der Waals surface area contributed by atoms with Crippen LogP contribution in [0.3, 0.4) is 0 Å². The lowest BCUT2D eigenvalue weighted by Crippen LogP contribution is -2.49. The molecule has 0 saturated carbocycles. The molecule has 1 fully saturated rings. The highest BCUT2D eigenvalue weighted by Crippen LogP contribution is 2.15. The molecule has 1 unspecified atom stereocenters. The average molecular weight is 295 g/mol. The Hall–Kier alpha value is -1.86. The molecule has 0 aliphatic carbocycles. The van der Waals surface area contributed by atoms with Crippen molar-refractivity contribution < 1.29 is 19.1 Å². The number of hydrogen-bond acceptors (Lipinski definition) is 5. The van der Waals surface area contributed by atoms with E-state index in [0.717, 1.165) is 25.8 Å². The Morgan fingerprint density at radius 1 is 1.43 bits per heavy atom. The van der Waals surface area contributed by atoms with Gasteiger partial charge in [0, 0.05) is 6.04 Å². The van der Waals surface area contributed by atoms with Crippen molar-refractivity contribution in [1.29, 1.82) is 0 Å². The lowest BCUT2D eigenvalue weighted by molar-refractivity contribution is -0.122. The monoisotopic (exact) mass is 295 g/mol. The van der Waals surface area contributed by atoms with Gasteiger partial charge in [-0.3, -0.25) is 15.0 Å². The van der Waals surface area contributed by atoms with Crippen LogP contribution in [-0.2, 0) is 11.3 Å². The third-order valence-corrected chi connectivity index (χ3v) is 3.56. The first-order chi connectivity index (χ1) is 10.2. The third-order valence-electron chi connectivity index (χ3n) is 3.56. The molecule has 1 aromatic rings. The van der Waals surface area contributed by atoms with Gasteiger partial charge in [-0.25, -0.2) is 4.79 Å². The van der Waals surface area contributed by atoms with Gasteiger partial charge in [-0.2, -0.15) is 0 Å². The van der Waals surface area contributed by atoms with Crippen LogP contribution in [0.25, 0.3) is 0 Å². The molecule has 7 nitrogen and oxygen atoms in total. The number of aliphatic hydroxyl groups is 1. The van der Waals surface area contributed by atoms with Gasteiger partial charge in [0.15, 0.2) is 0 Å².